The van der Waals surface area contributed by atoms with Crippen LogP contribution in [0.1, 0.15) is 24.9 Å². The van der Waals surface area contributed by atoms with Crippen LogP contribution in [0, 0.1) is 0 Å². The number of carboxylic acid groups (broad SMARTS) is 1. The predicted molar refractivity (Wildman–Crippen MR) is 51.9 cm³/mol. The van der Waals surface area contributed by atoms with Crippen LogP contribution in [0.2, 0.25) is 0 Å². The lowest BCUT2D eigenvalue weighted by Gasteiger charge is -2.01. The Morgan fingerprint density at radius 2 is 2.50 bits per heavy atom. The van der Waals surface area contributed by atoms with E-state index >= 15 is 0 Å². The molecule has 0 fully saturated rings. The zero-order chi connectivity index (χ0) is 10.6. The monoisotopic (exact) mass is 197 g/mol. The van der Waals surface area contributed by atoms with Gasteiger partial charge in [-0.15, -0.1) is 0 Å². The Morgan fingerprint density at radius 3 is 3.07 bits per heavy atom. The van der Waals surface area contributed by atoms with E-state index in [1.54, 1.807) is 6.20 Å². The summed E-state index contributed by atoms with van der Waals surface area (Å²) in [5.41, 5.74) is 6.09. The number of nitrogens with one attached hydrogen (secondary N) is 1. The predicted octanol–water partition coefficient (Wildman–Crippen LogP) is 0.317. The summed E-state index contributed by atoms with van der Waals surface area (Å²) in [7, 11) is 0. The Labute approximate surface area is 82.3 Å². The summed E-state index contributed by atoms with van der Waals surface area (Å²) in [5, 5.41) is 8.59. The van der Waals surface area contributed by atoms with E-state index in [0.29, 0.717) is 5.69 Å². The van der Waals surface area contributed by atoms with Gasteiger partial charge in [0.1, 0.15) is 11.9 Å². The van der Waals surface area contributed by atoms with E-state index in [1.807, 2.05) is 0 Å². The Bertz CT molecular complexity index is 309. The lowest BCUT2D eigenvalue weighted by molar-refractivity contribution is -0.138. The van der Waals surface area contributed by atoms with Crippen LogP contribution in [0.25, 0.3) is 0 Å². The van der Waals surface area contributed by atoms with Crippen molar-refractivity contribution in [2.24, 2.45) is 5.73 Å². The van der Waals surface area contributed by atoms with Crippen molar-refractivity contribution >= 4 is 5.97 Å². The number of aromatic amines is 1. The molecule has 0 aliphatic carbocycles. The third kappa shape index (κ3) is 2.85. The van der Waals surface area contributed by atoms with Crippen LogP contribution in [-0.4, -0.2) is 27.1 Å². The molecule has 0 bridgehead atoms. The van der Waals surface area contributed by atoms with Gasteiger partial charge in [0.05, 0.1) is 5.69 Å². The summed E-state index contributed by atoms with van der Waals surface area (Å²) in [6.07, 6.45) is 3.88. The normalized spacial score (nSPS) is 12.7. The van der Waals surface area contributed by atoms with Crippen molar-refractivity contribution in [2.75, 3.05) is 0 Å². The van der Waals surface area contributed by atoms with Gasteiger partial charge in [-0.3, -0.25) is 4.79 Å². The third-order valence-electron chi connectivity index (χ3n) is 1.92. The van der Waals surface area contributed by atoms with E-state index < -0.39 is 12.0 Å². The minimum atomic E-state index is -0.995. The molecule has 1 atom stereocenters. The first kappa shape index (κ1) is 10.7. The van der Waals surface area contributed by atoms with Crippen molar-refractivity contribution in [3.63, 3.8) is 0 Å². The molecule has 0 saturated heterocycles. The largest absolute Gasteiger partial charge is 0.480 e. The molecule has 0 spiro atoms. The number of imidazole rings is 1. The van der Waals surface area contributed by atoms with E-state index in [9.17, 15) is 4.79 Å². The maximum Gasteiger partial charge on any atom is 0.320 e. The van der Waals surface area contributed by atoms with Crippen LogP contribution in [0.4, 0.5) is 0 Å². The van der Waals surface area contributed by atoms with Crippen LogP contribution >= 0.6 is 0 Å². The summed E-state index contributed by atoms with van der Waals surface area (Å²) in [4.78, 5) is 17.7. The Morgan fingerprint density at radius 1 is 1.79 bits per heavy atom. The molecule has 1 heterocycles. The maximum atomic E-state index is 10.5. The number of nitrogens with zero attached hydrogens (tertiary/aromatic N) is 1. The topological polar surface area (TPSA) is 92.0 Å². The molecule has 0 saturated carbocycles. The SMILES string of the molecule is CCCc1nc(C[C@H](N)C(=O)O)c[nH]1. The number of rotatable bonds is 5. The second-order valence-corrected chi connectivity index (χ2v) is 3.24. The Balaban J connectivity index is 2.55. The van der Waals surface area contributed by atoms with Gasteiger partial charge in [-0.1, -0.05) is 6.92 Å². The van der Waals surface area contributed by atoms with Crippen LogP contribution in [-0.2, 0) is 17.6 Å². The molecule has 5 nitrogen and oxygen atoms in total. The number of aryl methyl sites for hydroxylation is 1. The number of hydrogen-bond acceptors (Lipinski definition) is 3. The van der Waals surface area contributed by atoms with Crippen LogP contribution in [0.5, 0.6) is 0 Å². The van der Waals surface area contributed by atoms with E-state index in [0.717, 1.165) is 18.7 Å². The number of aliphatic carboxylic acids is 1. The average molecular weight is 197 g/mol. The highest BCUT2D eigenvalue weighted by atomic mass is 16.4. The number of hydrogen-bond donors (Lipinski definition) is 3. The molecule has 4 N–H and O–H groups in total. The Kier molecular flexibility index (Phi) is 3.64. The van der Waals surface area contributed by atoms with Crippen molar-refractivity contribution in [1.82, 2.24) is 9.97 Å². The molecule has 14 heavy (non-hydrogen) atoms. The first-order valence-electron chi connectivity index (χ1n) is 4.65. The van der Waals surface area contributed by atoms with Gasteiger partial charge < -0.3 is 15.8 Å². The summed E-state index contributed by atoms with van der Waals surface area (Å²) < 4.78 is 0. The van der Waals surface area contributed by atoms with Gasteiger partial charge in [0.2, 0.25) is 0 Å². The molecule has 0 unspecified atom stereocenters. The van der Waals surface area contributed by atoms with E-state index in [4.69, 9.17) is 10.8 Å². The standard InChI is InChI=1S/C9H15N3O2/c1-2-3-8-11-5-6(12-8)4-7(10)9(13)14/h5,7H,2-4,10H2,1H3,(H,11,12)(H,13,14)/t7-/m0/s1. The quantitative estimate of drug-likeness (QED) is 0.633. The summed E-state index contributed by atoms with van der Waals surface area (Å²) >= 11 is 0. The zero-order valence-corrected chi connectivity index (χ0v) is 8.16. The van der Waals surface area contributed by atoms with Crippen molar-refractivity contribution in [2.45, 2.75) is 32.2 Å². The molecular weight excluding hydrogens is 182 g/mol. The fourth-order valence-electron chi connectivity index (χ4n) is 1.19. The van der Waals surface area contributed by atoms with Gasteiger partial charge in [-0.25, -0.2) is 4.98 Å². The first-order valence-corrected chi connectivity index (χ1v) is 4.65. The fourth-order valence-corrected chi connectivity index (χ4v) is 1.19. The van der Waals surface area contributed by atoms with Crippen molar-refractivity contribution in [3.8, 4) is 0 Å². The molecule has 0 aromatic carbocycles. The maximum absolute atomic E-state index is 10.5. The van der Waals surface area contributed by atoms with Gasteiger partial charge >= 0.3 is 5.97 Å². The molecule has 0 amide bonds. The smallest absolute Gasteiger partial charge is 0.320 e. The highest BCUT2D eigenvalue weighted by Crippen LogP contribution is 2.02. The minimum Gasteiger partial charge on any atom is -0.480 e. The van der Waals surface area contributed by atoms with Gasteiger partial charge in [-0.05, 0) is 6.42 Å². The lowest BCUT2D eigenvalue weighted by atomic mass is 10.2. The highest BCUT2D eigenvalue weighted by molar-refractivity contribution is 5.73. The number of H-pyrrole nitrogens is 1. The van der Waals surface area contributed by atoms with Gasteiger partial charge in [0, 0.05) is 19.0 Å². The second kappa shape index (κ2) is 4.76. The van der Waals surface area contributed by atoms with Gasteiger partial charge in [-0.2, -0.15) is 0 Å². The van der Waals surface area contributed by atoms with Crippen molar-refractivity contribution < 1.29 is 9.90 Å². The molecule has 1 aromatic heterocycles. The second-order valence-electron chi connectivity index (χ2n) is 3.24. The van der Waals surface area contributed by atoms with Crippen molar-refractivity contribution in [1.29, 1.82) is 0 Å². The Hall–Kier alpha value is -1.36. The van der Waals surface area contributed by atoms with Crippen molar-refractivity contribution in [3.05, 3.63) is 17.7 Å². The van der Waals surface area contributed by atoms with E-state index in [1.165, 1.54) is 0 Å². The first-order chi connectivity index (χ1) is 6.63. The van der Waals surface area contributed by atoms with Crippen LogP contribution in [0.3, 0.4) is 0 Å². The summed E-state index contributed by atoms with van der Waals surface area (Å²) in [6.45, 7) is 2.06. The van der Waals surface area contributed by atoms with Gasteiger partial charge in [0.15, 0.2) is 0 Å². The lowest BCUT2D eigenvalue weighted by Crippen LogP contribution is -2.32. The molecule has 0 radical (unpaired) electrons. The molecule has 0 aliphatic rings. The number of carbonyl (C=O) groups is 1. The molecular formula is C9H15N3O2. The molecule has 78 valence electrons. The zero-order valence-electron chi connectivity index (χ0n) is 8.16. The number of aromatic nitrogens is 2. The van der Waals surface area contributed by atoms with Crippen LogP contribution in [0.15, 0.2) is 6.20 Å². The summed E-state index contributed by atoms with van der Waals surface area (Å²) in [6, 6.07) is -0.868. The molecule has 1 aromatic rings. The number of carboxylic acids is 1. The van der Waals surface area contributed by atoms with Crippen LogP contribution < -0.4 is 5.73 Å². The average Bonchev–Trinajstić information content (AvgIpc) is 2.53. The van der Waals surface area contributed by atoms with Gasteiger partial charge in [0.25, 0.3) is 0 Å². The molecule has 5 heteroatoms. The molecule has 1 rings (SSSR count). The highest BCUT2D eigenvalue weighted by Gasteiger charge is 2.13. The third-order valence-corrected chi connectivity index (χ3v) is 1.92. The molecule has 0 aliphatic heterocycles. The number of nitrogens with two attached hydrogens (primary N) is 1. The van der Waals surface area contributed by atoms with E-state index in [2.05, 4.69) is 16.9 Å². The minimum absolute atomic E-state index is 0.273. The summed E-state index contributed by atoms with van der Waals surface area (Å²) in [5.74, 6) is -0.106. The van der Waals surface area contributed by atoms with E-state index in [-0.39, 0.29) is 6.42 Å². The fraction of sp³-hybridized carbons (Fsp3) is 0.556.